The number of hydrogen-bond acceptors (Lipinski definition) is 1. The molecule has 4 rings (SSSR count). The highest BCUT2D eigenvalue weighted by Crippen LogP contribution is 2.37. The molecule has 1 radical (unpaired) electrons. The van der Waals surface area contributed by atoms with Gasteiger partial charge in [0, 0.05) is 11.6 Å². The van der Waals surface area contributed by atoms with Crippen LogP contribution >= 0.6 is 0 Å². The topological polar surface area (TPSA) is 12.9 Å². The van der Waals surface area contributed by atoms with Gasteiger partial charge in [0.25, 0.3) is 0 Å². The van der Waals surface area contributed by atoms with Crippen molar-refractivity contribution in [2.24, 2.45) is 0 Å². The van der Waals surface area contributed by atoms with Crippen LogP contribution in [0.4, 0.5) is 0 Å². The molecule has 1 heterocycles. The lowest BCUT2D eigenvalue weighted by molar-refractivity contribution is 1.24. The summed E-state index contributed by atoms with van der Waals surface area (Å²) in [5.41, 5.74) is 8.93. The fraction of sp³-hybridized carbons (Fsp3) is 0.130. The fourth-order valence-electron chi connectivity index (χ4n) is 3.39. The van der Waals surface area contributed by atoms with E-state index in [4.69, 9.17) is 0 Å². The summed E-state index contributed by atoms with van der Waals surface area (Å²) in [6.45, 7) is 4.36. The van der Waals surface area contributed by atoms with Crippen LogP contribution in [0.2, 0.25) is 0 Å². The van der Waals surface area contributed by atoms with E-state index in [1.165, 1.54) is 38.8 Å². The maximum absolute atomic E-state index is 4.42. The van der Waals surface area contributed by atoms with Crippen LogP contribution in [0, 0.1) is 13.3 Å². The number of aryl methyl sites for hydroxylation is 1. The Morgan fingerprint density at radius 2 is 1.67 bits per heavy atom. The largest absolute Gasteiger partial charge is 0.256 e. The molecule has 117 valence electrons. The van der Waals surface area contributed by atoms with Gasteiger partial charge in [-0.25, -0.2) is 0 Å². The van der Waals surface area contributed by atoms with Gasteiger partial charge in [0.1, 0.15) is 0 Å². The molecule has 1 aliphatic rings. The third kappa shape index (κ3) is 2.67. The summed E-state index contributed by atoms with van der Waals surface area (Å²) in [5, 5.41) is 1.19. The Bertz CT molecular complexity index is 959. The van der Waals surface area contributed by atoms with E-state index in [1.54, 1.807) is 0 Å². The smallest absolute Gasteiger partial charge is 0.0702 e. The average Bonchev–Trinajstić information content (AvgIpc) is 2.62. The third-order valence-corrected chi connectivity index (χ3v) is 4.73. The SMILES string of the molecule is CC1=C(c2ccc(C)cc2)[CH]CC=C1c1ccc2ncccc2c1. The summed E-state index contributed by atoms with van der Waals surface area (Å²) in [5.74, 6) is 0. The van der Waals surface area contributed by atoms with Crippen LogP contribution in [-0.4, -0.2) is 4.98 Å². The minimum absolute atomic E-state index is 0.973. The van der Waals surface area contributed by atoms with Gasteiger partial charge in [-0.15, -0.1) is 0 Å². The van der Waals surface area contributed by atoms with Gasteiger partial charge >= 0.3 is 0 Å². The Labute approximate surface area is 143 Å². The van der Waals surface area contributed by atoms with Gasteiger partial charge in [-0.2, -0.15) is 0 Å². The predicted octanol–water partition coefficient (Wildman–Crippen LogP) is 6.01. The molecule has 1 heteroatoms. The highest BCUT2D eigenvalue weighted by Gasteiger charge is 2.16. The number of rotatable bonds is 2. The van der Waals surface area contributed by atoms with Crippen molar-refractivity contribution >= 4 is 22.0 Å². The summed E-state index contributed by atoms with van der Waals surface area (Å²) < 4.78 is 0. The first-order valence-corrected chi connectivity index (χ1v) is 8.39. The molecule has 0 aliphatic heterocycles. The normalized spacial score (nSPS) is 14.8. The second kappa shape index (κ2) is 6.09. The Morgan fingerprint density at radius 1 is 0.875 bits per heavy atom. The quantitative estimate of drug-likeness (QED) is 0.565. The molecule has 0 N–H and O–H groups in total. The number of pyridine rings is 1. The molecule has 0 amide bonds. The van der Waals surface area contributed by atoms with Crippen molar-refractivity contribution in [1.82, 2.24) is 4.98 Å². The van der Waals surface area contributed by atoms with Crippen molar-refractivity contribution in [2.75, 3.05) is 0 Å². The van der Waals surface area contributed by atoms with Crippen molar-refractivity contribution < 1.29 is 0 Å². The number of hydrogen-bond donors (Lipinski definition) is 0. The van der Waals surface area contributed by atoms with Crippen LogP contribution in [0.5, 0.6) is 0 Å². The van der Waals surface area contributed by atoms with Crippen LogP contribution < -0.4 is 0 Å². The first kappa shape index (κ1) is 14.9. The number of fused-ring (bicyclic) bond motifs is 1. The monoisotopic (exact) mass is 310 g/mol. The fourth-order valence-corrected chi connectivity index (χ4v) is 3.39. The van der Waals surface area contributed by atoms with E-state index >= 15 is 0 Å². The Hall–Kier alpha value is -2.67. The van der Waals surface area contributed by atoms with Gasteiger partial charge < -0.3 is 0 Å². The summed E-state index contributed by atoms with van der Waals surface area (Å²) in [6, 6.07) is 19.5. The summed E-state index contributed by atoms with van der Waals surface area (Å²) in [4.78, 5) is 4.42. The molecule has 0 atom stereocenters. The van der Waals surface area contributed by atoms with E-state index in [0.717, 1.165) is 11.9 Å². The van der Waals surface area contributed by atoms with Gasteiger partial charge in [0.05, 0.1) is 5.52 Å². The lowest BCUT2D eigenvalue weighted by Crippen LogP contribution is -1.99. The second-order valence-electron chi connectivity index (χ2n) is 6.37. The molecule has 0 spiro atoms. The van der Waals surface area contributed by atoms with Crippen LogP contribution in [0.3, 0.4) is 0 Å². The molecule has 0 saturated heterocycles. The minimum atomic E-state index is 0.973. The van der Waals surface area contributed by atoms with Crippen molar-refractivity contribution in [1.29, 1.82) is 0 Å². The molecule has 2 aromatic carbocycles. The van der Waals surface area contributed by atoms with Crippen LogP contribution in [0.15, 0.2) is 72.4 Å². The second-order valence-corrected chi connectivity index (χ2v) is 6.37. The minimum Gasteiger partial charge on any atom is -0.256 e. The maximum atomic E-state index is 4.42. The van der Waals surface area contributed by atoms with E-state index < -0.39 is 0 Å². The summed E-state index contributed by atoms with van der Waals surface area (Å²) in [6.07, 6.45) is 7.47. The van der Waals surface area contributed by atoms with E-state index in [-0.39, 0.29) is 0 Å². The molecule has 0 bridgehead atoms. The molecule has 0 saturated carbocycles. The van der Waals surface area contributed by atoms with Crippen molar-refractivity contribution in [3.8, 4) is 0 Å². The van der Waals surface area contributed by atoms with Gasteiger partial charge in [-0.1, -0.05) is 48.0 Å². The van der Waals surface area contributed by atoms with Crippen LogP contribution in [0.25, 0.3) is 22.0 Å². The van der Waals surface area contributed by atoms with E-state index in [0.29, 0.717) is 0 Å². The zero-order valence-electron chi connectivity index (χ0n) is 14.1. The first-order valence-electron chi connectivity index (χ1n) is 8.39. The van der Waals surface area contributed by atoms with Gasteiger partial charge in [0.2, 0.25) is 0 Å². The molecular formula is C23H20N. The molecule has 24 heavy (non-hydrogen) atoms. The summed E-state index contributed by atoms with van der Waals surface area (Å²) >= 11 is 0. The predicted molar refractivity (Wildman–Crippen MR) is 102 cm³/mol. The maximum Gasteiger partial charge on any atom is 0.0702 e. The van der Waals surface area contributed by atoms with Gasteiger partial charge in [-0.3, -0.25) is 4.98 Å². The molecule has 1 aliphatic carbocycles. The molecule has 3 aromatic rings. The number of nitrogens with zero attached hydrogens (tertiary/aromatic N) is 1. The van der Waals surface area contributed by atoms with Crippen molar-refractivity contribution in [3.63, 3.8) is 0 Å². The lowest BCUT2D eigenvalue weighted by Gasteiger charge is -2.20. The molecular weight excluding hydrogens is 290 g/mol. The Morgan fingerprint density at radius 3 is 2.50 bits per heavy atom. The first-order chi connectivity index (χ1) is 11.7. The molecule has 1 aromatic heterocycles. The van der Waals surface area contributed by atoms with Gasteiger partial charge in [-0.05, 0) is 72.7 Å². The van der Waals surface area contributed by atoms with E-state index in [9.17, 15) is 0 Å². The van der Waals surface area contributed by atoms with Crippen LogP contribution in [0.1, 0.15) is 30.0 Å². The van der Waals surface area contributed by atoms with E-state index in [1.807, 2.05) is 12.3 Å². The zero-order chi connectivity index (χ0) is 16.5. The number of benzene rings is 2. The highest BCUT2D eigenvalue weighted by molar-refractivity contribution is 5.95. The van der Waals surface area contributed by atoms with Crippen LogP contribution in [-0.2, 0) is 0 Å². The summed E-state index contributed by atoms with van der Waals surface area (Å²) in [7, 11) is 0. The molecule has 0 fully saturated rings. The Balaban J connectivity index is 1.79. The van der Waals surface area contributed by atoms with Crippen molar-refractivity contribution in [2.45, 2.75) is 20.3 Å². The third-order valence-electron chi connectivity index (χ3n) is 4.73. The molecule has 0 unspecified atom stereocenters. The lowest BCUT2D eigenvalue weighted by atomic mass is 9.84. The standard InChI is InChI=1S/C23H20N/c1-16-8-10-18(11-9-16)21-6-3-7-22(17(21)2)19-12-13-23-20(15-19)5-4-14-24-23/h4-15H,3H2,1-2H3. The van der Waals surface area contributed by atoms with E-state index in [2.05, 4.69) is 79.9 Å². The average molecular weight is 310 g/mol. The van der Waals surface area contributed by atoms with Crippen molar-refractivity contribution in [3.05, 3.63) is 95.6 Å². The highest BCUT2D eigenvalue weighted by atomic mass is 14.6. The zero-order valence-corrected chi connectivity index (χ0v) is 14.1. The number of allylic oxidation sites excluding steroid dienone is 4. The number of aromatic nitrogens is 1. The molecule has 1 nitrogen and oxygen atoms in total. The Kier molecular flexibility index (Phi) is 3.78. The van der Waals surface area contributed by atoms with Gasteiger partial charge in [0.15, 0.2) is 0 Å².